The maximum Gasteiger partial charge on any atom is 0.308 e. The van der Waals surface area contributed by atoms with E-state index in [0.717, 1.165) is 42.0 Å². The Morgan fingerprint density at radius 3 is 2.87 bits per heavy atom. The highest BCUT2D eigenvalue weighted by molar-refractivity contribution is 5.71. The van der Waals surface area contributed by atoms with Gasteiger partial charge in [0.1, 0.15) is 5.82 Å². The number of aryl methyl sites for hydroxylation is 1. The van der Waals surface area contributed by atoms with Crippen LogP contribution in [0, 0.1) is 19.8 Å². The van der Waals surface area contributed by atoms with Gasteiger partial charge >= 0.3 is 5.97 Å². The zero-order valence-electron chi connectivity index (χ0n) is 13.4. The van der Waals surface area contributed by atoms with Crippen molar-refractivity contribution in [3.05, 3.63) is 35.8 Å². The molecular weight excluding hydrogens is 292 g/mol. The Morgan fingerprint density at radius 1 is 1.35 bits per heavy atom. The topological polar surface area (TPSA) is 79.2 Å². The van der Waals surface area contributed by atoms with Crippen molar-refractivity contribution in [3.63, 3.8) is 0 Å². The minimum Gasteiger partial charge on any atom is -0.481 e. The second-order valence-corrected chi connectivity index (χ2v) is 5.95. The van der Waals surface area contributed by atoms with E-state index in [4.69, 9.17) is 4.98 Å². The minimum atomic E-state index is -0.731. The fourth-order valence-electron chi connectivity index (χ4n) is 2.92. The number of piperidine rings is 1. The molecule has 120 valence electrons. The predicted molar refractivity (Wildman–Crippen MR) is 87.3 cm³/mol. The summed E-state index contributed by atoms with van der Waals surface area (Å²) in [4.78, 5) is 26.8. The maximum atomic E-state index is 11.3. The van der Waals surface area contributed by atoms with Crippen LogP contribution in [0.15, 0.2) is 24.5 Å². The molecule has 0 spiro atoms. The number of pyridine rings is 1. The SMILES string of the molecule is Cc1nc(-c2cccnc2)nc(N2CCCC(C(=O)O)C2)c1C. The van der Waals surface area contributed by atoms with Gasteiger partial charge in [0.05, 0.1) is 5.92 Å². The molecule has 0 saturated carbocycles. The van der Waals surface area contributed by atoms with Crippen LogP contribution in [-0.2, 0) is 4.79 Å². The lowest BCUT2D eigenvalue weighted by atomic mass is 9.98. The van der Waals surface area contributed by atoms with Crippen molar-refractivity contribution in [3.8, 4) is 11.4 Å². The Hall–Kier alpha value is -2.50. The molecule has 2 aromatic heterocycles. The quantitative estimate of drug-likeness (QED) is 0.938. The highest BCUT2D eigenvalue weighted by Crippen LogP contribution is 2.28. The van der Waals surface area contributed by atoms with Crippen molar-refractivity contribution in [2.75, 3.05) is 18.0 Å². The third kappa shape index (κ3) is 3.16. The molecule has 0 aliphatic carbocycles. The number of hydrogen-bond donors (Lipinski definition) is 1. The molecular formula is C17H20N4O2. The first-order chi connectivity index (χ1) is 11.1. The molecule has 1 aliphatic rings. The van der Waals surface area contributed by atoms with Crippen LogP contribution in [0.2, 0.25) is 0 Å². The van der Waals surface area contributed by atoms with Gasteiger partial charge in [0, 0.05) is 42.3 Å². The summed E-state index contributed by atoms with van der Waals surface area (Å²) < 4.78 is 0. The lowest BCUT2D eigenvalue weighted by molar-refractivity contribution is -0.141. The molecule has 1 atom stereocenters. The van der Waals surface area contributed by atoms with E-state index in [9.17, 15) is 9.90 Å². The van der Waals surface area contributed by atoms with Gasteiger partial charge in [-0.1, -0.05) is 0 Å². The molecule has 0 radical (unpaired) electrons. The summed E-state index contributed by atoms with van der Waals surface area (Å²) in [5.41, 5.74) is 2.78. The second-order valence-electron chi connectivity index (χ2n) is 5.95. The fraction of sp³-hybridized carbons (Fsp3) is 0.412. The van der Waals surface area contributed by atoms with Crippen molar-refractivity contribution in [1.82, 2.24) is 15.0 Å². The van der Waals surface area contributed by atoms with Crippen LogP contribution < -0.4 is 4.90 Å². The van der Waals surface area contributed by atoms with E-state index >= 15 is 0 Å². The van der Waals surface area contributed by atoms with Crippen molar-refractivity contribution < 1.29 is 9.90 Å². The molecule has 0 aromatic carbocycles. The standard InChI is InChI=1S/C17H20N4O2/c1-11-12(2)19-15(13-5-3-7-18-9-13)20-16(11)21-8-4-6-14(10-21)17(22)23/h3,5,7,9,14H,4,6,8,10H2,1-2H3,(H,22,23). The number of aromatic nitrogens is 3. The van der Waals surface area contributed by atoms with Gasteiger partial charge in [-0.25, -0.2) is 9.97 Å². The van der Waals surface area contributed by atoms with E-state index in [1.807, 2.05) is 26.0 Å². The van der Waals surface area contributed by atoms with Crippen molar-refractivity contribution in [2.24, 2.45) is 5.92 Å². The fourth-order valence-corrected chi connectivity index (χ4v) is 2.92. The largest absolute Gasteiger partial charge is 0.481 e. The van der Waals surface area contributed by atoms with Gasteiger partial charge in [-0.15, -0.1) is 0 Å². The summed E-state index contributed by atoms with van der Waals surface area (Å²) >= 11 is 0. The average molecular weight is 312 g/mol. The summed E-state index contributed by atoms with van der Waals surface area (Å²) in [6, 6.07) is 3.78. The lowest BCUT2D eigenvalue weighted by Crippen LogP contribution is -2.39. The van der Waals surface area contributed by atoms with Gasteiger partial charge in [-0.2, -0.15) is 0 Å². The highest BCUT2D eigenvalue weighted by atomic mass is 16.4. The normalized spacial score (nSPS) is 18.0. The van der Waals surface area contributed by atoms with Crippen LogP contribution in [0.3, 0.4) is 0 Å². The van der Waals surface area contributed by atoms with Crippen molar-refractivity contribution >= 4 is 11.8 Å². The smallest absolute Gasteiger partial charge is 0.308 e. The monoisotopic (exact) mass is 312 g/mol. The Kier molecular flexibility index (Phi) is 4.23. The zero-order chi connectivity index (χ0) is 16.4. The molecule has 3 rings (SSSR count). The van der Waals surface area contributed by atoms with Crippen LogP contribution in [0.25, 0.3) is 11.4 Å². The Balaban J connectivity index is 1.98. The summed E-state index contributed by atoms with van der Waals surface area (Å²) in [5.74, 6) is 0.404. The summed E-state index contributed by atoms with van der Waals surface area (Å²) in [6.45, 7) is 5.27. The number of anilines is 1. The van der Waals surface area contributed by atoms with Crippen LogP contribution in [0.5, 0.6) is 0 Å². The van der Waals surface area contributed by atoms with Crippen LogP contribution in [-0.4, -0.2) is 39.1 Å². The molecule has 3 heterocycles. The first-order valence-corrected chi connectivity index (χ1v) is 7.79. The van der Waals surface area contributed by atoms with Crippen molar-refractivity contribution in [1.29, 1.82) is 0 Å². The molecule has 6 heteroatoms. The van der Waals surface area contributed by atoms with Crippen LogP contribution in [0.1, 0.15) is 24.1 Å². The van der Waals surface area contributed by atoms with E-state index in [0.29, 0.717) is 12.4 Å². The van der Waals surface area contributed by atoms with Gasteiger partial charge in [0.2, 0.25) is 0 Å². The number of aliphatic carboxylic acids is 1. The number of carboxylic acids is 1. The average Bonchev–Trinajstić information content (AvgIpc) is 2.58. The van der Waals surface area contributed by atoms with Crippen LogP contribution in [0.4, 0.5) is 5.82 Å². The van der Waals surface area contributed by atoms with Gasteiger partial charge in [-0.05, 0) is 38.8 Å². The molecule has 0 amide bonds. The number of carboxylic acid groups (broad SMARTS) is 1. The Morgan fingerprint density at radius 2 is 2.17 bits per heavy atom. The van der Waals surface area contributed by atoms with Gasteiger partial charge in [-0.3, -0.25) is 9.78 Å². The number of nitrogens with zero attached hydrogens (tertiary/aromatic N) is 4. The van der Waals surface area contributed by atoms with Crippen molar-refractivity contribution in [2.45, 2.75) is 26.7 Å². The predicted octanol–water partition coefficient (Wildman–Crippen LogP) is 2.46. The first-order valence-electron chi connectivity index (χ1n) is 7.79. The van der Waals surface area contributed by atoms with E-state index in [1.54, 1.807) is 12.4 Å². The highest BCUT2D eigenvalue weighted by Gasteiger charge is 2.27. The molecule has 23 heavy (non-hydrogen) atoms. The molecule has 1 aliphatic heterocycles. The van der Waals surface area contributed by atoms with Gasteiger partial charge in [0.25, 0.3) is 0 Å². The molecule has 0 bridgehead atoms. The van der Waals surface area contributed by atoms with E-state index in [-0.39, 0.29) is 5.92 Å². The minimum absolute atomic E-state index is 0.333. The summed E-state index contributed by atoms with van der Waals surface area (Å²) in [6.07, 6.45) is 5.05. The Bertz CT molecular complexity index is 718. The molecule has 1 saturated heterocycles. The lowest BCUT2D eigenvalue weighted by Gasteiger charge is -2.33. The number of hydrogen-bond acceptors (Lipinski definition) is 5. The summed E-state index contributed by atoms with van der Waals surface area (Å²) in [7, 11) is 0. The third-order valence-electron chi connectivity index (χ3n) is 4.35. The molecule has 6 nitrogen and oxygen atoms in total. The van der Waals surface area contributed by atoms with E-state index in [2.05, 4.69) is 14.9 Å². The number of carbonyl (C=O) groups is 1. The molecule has 2 aromatic rings. The summed E-state index contributed by atoms with van der Waals surface area (Å²) in [5, 5.41) is 9.29. The van der Waals surface area contributed by atoms with Gasteiger partial charge < -0.3 is 10.0 Å². The van der Waals surface area contributed by atoms with E-state index < -0.39 is 5.97 Å². The second kappa shape index (κ2) is 6.32. The zero-order valence-corrected chi connectivity index (χ0v) is 13.4. The number of rotatable bonds is 3. The first kappa shape index (κ1) is 15.4. The maximum absolute atomic E-state index is 11.3. The van der Waals surface area contributed by atoms with Gasteiger partial charge in [0.15, 0.2) is 5.82 Å². The Labute approximate surface area is 135 Å². The molecule has 1 N–H and O–H groups in total. The third-order valence-corrected chi connectivity index (χ3v) is 4.35. The van der Waals surface area contributed by atoms with E-state index in [1.165, 1.54) is 0 Å². The molecule has 1 fully saturated rings. The van der Waals surface area contributed by atoms with Crippen LogP contribution >= 0.6 is 0 Å². The molecule has 1 unspecified atom stereocenters.